The van der Waals surface area contributed by atoms with E-state index in [9.17, 15) is 9.59 Å². The molecule has 1 unspecified atom stereocenters. The minimum absolute atomic E-state index is 0.169. The normalized spacial score (nSPS) is 14.8. The summed E-state index contributed by atoms with van der Waals surface area (Å²) in [6.07, 6.45) is 3.84. The zero-order valence-electron chi connectivity index (χ0n) is 16.0. The van der Waals surface area contributed by atoms with E-state index in [-0.39, 0.29) is 11.8 Å². The summed E-state index contributed by atoms with van der Waals surface area (Å²) in [6, 6.07) is 11.1. The molecule has 144 valence electrons. The highest BCUT2D eigenvalue weighted by atomic mass is 32.1. The average molecular weight is 386 g/mol. The molecule has 0 spiro atoms. The number of aryl methyl sites for hydroxylation is 1. The van der Waals surface area contributed by atoms with Crippen LogP contribution in [0, 0.1) is 6.92 Å². The van der Waals surface area contributed by atoms with Crippen LogP contribution in [0.5, 0.6) is 0 Å². The molecular weight excluding hydrogens is 358 g/mol. The van der Waals surface area contributed by atoms with Gasteiger partial charge in [-0.15, -0.1) is 11.3 Å². The Hall–Kier alpha value is -2.34. The Kier molecular flexibility index (Phi) is 6.50. The predicted molar refractivity (Wildman–Crippen MR) is 112 cm³/mol. The first-order valence-corrected chi connectivity index (χ1v) is 10.4. The van der Waals surface area contributed by atoms with Gasteiger partial charge in [0.05, 0.1) is 4.88 Å². The van der Waals surface area contributed by atoms with Gasteiger partial charge in [-0.3, -0.25) is 9.59 Å². The molecule has 2 N–H and O–H groups in total. The van der Waals surface area contributed by atoms with Gasteiger partial charge in [-0.1, -0.05) is 19.4 Å². The van der Waals surface area contributed by atoms with Crippen LogP contribution in [-0.4, -0.2) is 30.9 Å². The molecule has 2 aromatic rings. The Morgan fingerprint density at radius 3 is 2.63 bits per heavy atom. The van der Waals surface area contributed by atoms with Crippen LogP contribution in [0.25, 0.3) is 0 Å². The quantitative estimate of drug-likeness (QED) is 0.751. The van der Waals surface area contributed by atoms with Crippen LogP contribution < -0.4 is 15.5 Å². The maximum atomic E-state index is 12.8. The van der Waals surface area contributed by atoms with E-state index >= 15 is 0 Å². The monoisotopic (exact) mass is 385 g/mol. The molecule has 27 heavy (non-hydrogen) atoms. The highest BCUT2D eigenvalue weighted by molar-refractivity contribution is 7.13. The Bertz CT molecular complexity index is 796. The van der Waals surface area contributed by atoms with Gasteiger partial charge in [-0.05, 0) is 56.5 Å². The zero-order valence-corrected chi connectivity index (χ0v) is 16.8. The largest absolute Gasteiger partial charge is 0.371 e. The smallest absolute Gasteiger partial charge is 0.262 e. The van der Waals surface area contributed by atoms with E-state index in [1.165, 1.54) is 24.2 Å². The van der Waals surface area contributed by atoms with Gasteiger partial charge in [-0.25, -0.2) is 0 Å². The van der Waals surface area contributed by atoms with Gasteiger partial charge in [0.2, 0.25) is 5.91 Å². The van der Waals surface area contributed by atoms with Gasteiger partial charge >= 0.3 is 0 Å². The van der Waals surface area contributed by atoms with Gasteiger partial charge in [0.25, 0.3) is 5.91 Å². The van der Waals surface area contributed by atoms with Crippen molar-refractivity contribution in [2.45, 2.75) is 45.6 Å². The molecule has 3 rings (SSSR count). The van der Waals surface area contributed by atoms with Crippen LogP contribution in [-0.2, 0) is 4.79 Å². The van der Waals surface area contributed by atoms with E-state index in [4.69, 9.17) is 0 Å². The summed E-state index contributed by atoms with van der Waals surface area (Å²) in [7, 11) is 0. The molecule has 0 saturated carbocycles. The molecule has 1 aliphatic heterocycles. The van der Waals surface area contributed by atoms with Crippen LogP contribution >= 0.6 is 11.3 Å². The van der Waals surface area contributed by atoms with Gasteiger partial charge in [0.15, 0.2) is 0 Å². The van der Waals surface area contributed by atoms with Crippen LogP contribution in [0.2, 0.25) is 0 Å². The van der Waals surface area contributed by atoms with Crippen molar-refractivity contribution in [3.63, 3.8) is 0 Å². The number of nitrogens with one attached hydrogen (secondary N) is 2. The van der Waals surface area contributed by atoms with E-state index in [2.05, 4.69) is 21.6 Å². The fourth-order valence-electron chi connectivity index (χ4n) is 3.33. The highest BCUT2D eigenvalue weighted by Gasteiger charge is 2.22. The van der Waals surface area contributed by atoms with Crippen molar-refractivity contribution in [1.82, 2.24) is 5.32 Å². The van der Waals surface area contributed by atoms with Gasteiger partial charge in [-0.2, -0.15) is 0 Å². The maximum absolute atomic E-state index is 12.8. The van der Waals surface area contributed by atoms with Crippen LogP contribution in [0.4, 0.5) is 11.4 Å². The number of carbonyl (C=O) groups excluding carboxylic acids is 2. The minimum Gasteiger partial charge on any atom is -0.371 e. The number of hydrogen-bond donors (Lipinski definition) is 2. The minimum atomic E-state index is -0.541. The summed E-state index contributed by atoms with van der Waals surface area (Å²) in [4.78, 5) is 29.3. The first-order chi connectivity index (χ1) is 13.1. The molecule has 5 nitrogen and oxygen atoms in total. The summed E-state index contributed by atoms with van der Waals surface area (Å²) in [5.74, 6) is -0.357. The summed E-state index contributed by atoms with van der Waals surface area (Å²) in [6.45, 7) is 6.10. The molecule has 0 radical (unpaired) electrons. The number of carbonyl (C=O) groups is 2. The second-order valence-corrected chi connectivity index (χ2v) is 8.25. The van der Waals surface area contributed by atoms with E-state index in [0.29, 0.717) is 11.3 Å². The molecular formula is C21H27N3O2S. The summed E-state index contributed by atoms with van der Waals surface area (Å²) in [5.41, 5.74) is 1.90. The second-order valence-electron chi connectivity index (χ2n) is 6.96. The van der Waals surface area contributed by atoms with E-state index in [0.717, 1.165) is 35.8 Å². The third-order valence-electron chi connectivity index (χ3n) is 4.75. The molecule has 0 aliphatic carbocycles. The number of hydrogen-bond acceptors (Lipinski definition) is 4. The SMILES string of the molecule is CCCC(NC(=O)c1ccc(C)s1)C(=O)Nc1cccc(N2CCCC2)c1. The van der Waals surface area contributed by atoms with E-state index in [1.807, 2.05) is 38.1 Å². The molecule has 6 heteroatoms. The molecule has 2 amide bonds. The summed E-state index contributed by atoms with van der Waals surface area (Å²) in [5, 5.41) is 5.86. The molecule has 1 aliphatic rings. The lowest BCUT2D eigenvalue weighted by Gasteiger charge is -2.20. The molecule has 1 aromatic carbocycles. The lowest BCUT2D eigenvalue weighted by Crippen LogP contribution is -2.43. The second kappa shape index (κ2) is 9.04. The lowest BCUT2D eigenvalue weighted by atomic mass is 10.1. The Balaban J connectivity index is 1.66. The van der Waals surface area contributed by atoms with Gasteiger partial charge < -0.3 is 15.5 Å². The van der Waals surface area contributed by atoms with Crippen molar-refractivity contribution in [2.75, 3.05) is 23.3 Å². The van der Waals surface area contributed by atoms with Crippen LogP contribution in [0.1, 0.15) is 47.2 Å². The summed E-state index contributed by atoms with van der Waals surface area (Å²) < 4.78 is 0. The number of amides is 2. The van der Waals surface area contributed by atoms with Crippen molar-refractivity contribution < 1.29 is 9.59 Å². The Morgan fingerprint density at radius 2 is 1.96 bits per heavy atom. The first-order valence-electron chi connectivity index (χ1n) is 9.60. The molecule has 0 bridgehead atoms. The first kappa shape index (κ1) is 19.4. The Morgan fingerprint density at radius 1 is 1.19 bits per heavy atom. The summed E-state index contributed by atoms with van der Waals surface area (Å²) >= 11 is 1.44. The predicted octanol–water partition coefficient (Wildman–Crippen LogP) is 4.19. The van der Waals surface area contributed by atoms with Crippen molar-refractivity contribution in [2.24, 2.45) is 0 Å². The topological polar surface area (TPSA) is 61.4 Å². The van der Waals surface area contributed by atoms with E-state index < -0.39 is 6.04 Å². The molecule has 1 fully saturated rings. The molecule has 1 atom stereocenters. The fraction of sp³-hybridized carbons (Fsp3) is 0.429. The number of nitrogens with zero attached hydrogens (tertiary/aromatic N) is 1. The van der Waals surface area contributed by atoms with Crippen LogP contribution in [0.15, 0.2) is 36.4 Å². The molecule has 1 saturated heterocycles. The number of thiophene rings is 1. The fourth-order valence-corrected chi connectivity index (χ4v) is 4.10. The number of anilines is 2. The van der Waals surface area contributed by atoms with Crippen molar-refractivity contribution >= 4 is 34.5 Å². The highest BCUT2D eigenvalue weighted by Crippen LogP contribution is 2.23. The third kappa shape index (κ3) is 5.10. The lowest BCUT2D eigenvalue weighted by molar-refractivity contribution is -0.118. The standard InChI is InChI=1S/C21H27N3O2S/c1-3-7-18(23-21(26)19-11-10-15(2)27-19)20(25)22-16-8-6-9-17(14-16)24-12-4-5-13-24/h6,8-11,14,18H,3-5,7,12-13H2,1-2H3,(H,22,25)(H,23,26). The third-order valence-corrected chi connectivity index (χ3v) is 5.75. The number of rotatable bonds is 7. The molecule has 1 aromatic heterocycles. The zero-order chi connectivity index (χ0) is 19.2. The maximum Gasteiger partial charge on any atom is 0.262 e. The van der Waals surface area contributed by atoms with Crippen molar-refractivity contribution in [1.29, 1.82) is 0 Å². The van der Waals surface area contributed by atoms with Gasteiger partial charge in [0.1, 0.15) is 6.04 Å². The number of benzene rings is 1. The van der Waals surface area contributed by atoms with Crippen LogP contribution in [0.3, 0.4) is 0 Å². The Labute approximate surface area is 164 Å². The van der Waals surface area contributed by atoms with Gasteiger partial charge in [0, 0.05) is 29.3 Å². The molecule has 2 heterocycles. The van der Waals surface area contributed by atoms with Crippen molar-refractivity contribution in [3.8, 4) is 0 Å². The van der Waals surface area contributed by atoms with Crippen molar-refractivity contribution in [3.05, 3.63) is 46.2 Å². The average Bonchev–Trinajstić information content (AvgIpc) is 3.33. The van der Waals surface area contributed by atoms with E-state index in [1.54, 1.807) is 6.07 Å².